The molecule has 0 amide bonds. The summed E-state index contributed by atoms with van der Waals surface area (Å²) < 4.78 is 0. The maximum absolute atomic E-state index is 1.56. The Morgan fingerprint density at radius 1 is 0.538 bits per heavy atom. The predicted octanol–water partition coefficient (Wildman–Crippen LogP) is 3.57. The Hall–Kier alpha value is -0.0400. The van der Waals surface area contributed by atoms with Crippen molar-refractivity contribution in [1.82, 2.24) is 0 Å². The van der Waals surface area contributed by atoms with Gasteiger partial charge < -0.3 is 5.48 Å². The van der Waals surface area contributed by atoms with Gasteiger partial charge in [0.05, 0.1) is 0 Å². The van der Waals surface area contributed by atoms with Gasteiger partial charge in [0.15, 0.2) is 0 Å². The first-order valence-electron chi connectivity index (χ1n) is 5.97. The summed E-state index contributed by atoms with van der Waals surface area (Å²) in [4.78, 5) is 0. The lowest BCUT2D eigenvalue weighted by Crippen LogP contribution is -2.20. The molecular formula is C12H26O. The maximum atomic E-state index is 1.56. The van der Waals surface area contributed by atoms with Crippen molar-refractivity contribution in [1.29, 1.82) is 0 Å². The molecule has 0 atom stereocenters. The van der Waals surface area contributed by atoms with Crippen LogP contribution in [0.5, 0.6) is 0 Å². The molecule has 0 heterocycles. The molecule has 0 spiro atoms. The van der Waals surface area contributed by atoms with Gasteiger partial charge in [-0.15, -0.1) is 0 Å². The molecule has 0 bridgehead atoms. The van der Waals surface area contributed by atoms with E-state index >= 15 is 0 Å². The van der Waals surface area contributed by atoms with E-state index in [2.05, 4.69) is 0 Å². The van der Waals surface area contributed by atoms with E-state index in [9.17, 15) is 0 Å². The van der Waals surface area contributed by atoms with Crippen molar-refractivity contribution >= 4 is 0 Å². The maximum Gasteiger partial charge on any atom is 0 e. The third-order valence-corrected chi connectivity index (χ3v) is 3.97. The lowest BCUT2D eigenvalue weighted by atomic mass is 9.73. The van der Waals surface area contributed by atoms with Gasteiger partial charge in [-0.05, 0) is 11.8 Å². The third-order valence-electron chi connectivity index (χ3n) is 3.97. The van der Waals surface area contributed by atoms with Crippen LogP contribution in [0.3, 0.4) is 0 Å². The molecule has 0 aromatic carbocycles. The first kappa shape index (κ1) is 11.0. The van der Waals surface area contributed by atoms with Crippen molar-refractivity contribution in [2.45, 2.75) is 64.2 Å². The zero-order valence-corrected chi connectivity index (χ0v) is 8.73. The zero-order chi connectivity index (χ0) is 8.23. The van der Waals surface area contributed by atoms with Crippen LogP contribution in [0.1, 0.15) is 65.6 Å². The summed E-state index contributed by atoms with van der Waals surface area (Å²) in [5.74, 6) is 2.28. The Morgan fingerprint density at radius 3 is 1.15 bits per heavy atom. The summed E-state index contributed by atoms with van der Waals surface area (Å²) in [5, 5.41) is 0. The van der Waals surface area contributed by atoms with E-state index in [0.717, 1.165) is 11.8 Å². The normalized spacial score (nSPS) is 26.8. The first-order chi connectivity index (χ1) is 5.97. The lowest BCUT2D eigenvalue weighted by molar-refractivity contribution is 0.196. The van der Waals surface area contributed by atoms with Gasteiger partial charge >= 0.3 is 0 Å². The molecule has 2 aliphatic carbocycles. The average Bonchev–Trinajstić information content (AvgIpc) is 2.21. The van der Waals surface area contributed by atoms with Gasteiger partial charge in [0, 0.05) is 1.43 Å². The Labute approximate surface area is 83.7 Å². The minimum Gasteiger partial charge on any atom is -0.412 e. The fourth-order valence-corrected chi connectivity index (χ4v) is 3.21. The molecule has 0 aromatic heterocycles. The van der Waals surface area contributed by atoms with Crippen molar-refractivity contribution < 1.29 is 6.90 Å². The summed E-state index contributed by atoms with van der Waals surface area (Å²) in [5.41, 5.74) is 0. The molecule has 13 heavy (non-hydrogen) atoms. The van der Waals surface area contributed by atoms with Crippen molar-refractivity contribution in [3.63, 3.8) is 0 Å². The molecule has 2 rings (SSSR count). The van der Waals surface area contributed by atoms with Crippen LogP contribution < -0.4 is 0 Å². The molecule has 1 heteroatoms. The van der Waals surface area contributed by atoms with Crippen molar-refractivity contribution in [3.8, 4) is 0 Å². The van der Waals surface area contributed by atoms with Crippen LogP contribution in [0.2, 0.25) is 0 Å². The highest BCUT2D eigenvalue weighted by molar-refractivity contribution is 4.76. The lowest BCUT2D eigenvalue weighted by Gasteiger charge is -2.32. The summed E-state index contributed by atoms with van der Waals surface area (Å²) in [7, 11) is 0. The molecule has 80 valence electrons. The van der Waals surface area contributed by atoms with Gasteiger partial charge in [-0.3, -0.25) is 0 Å². The van der Waals surface area contributed by atoms with E-state index in [0.29, 0.717) is 0 Å². The second-order valence-electron chi connectivity index (χ2n) is 4.80. The molecule has 2 fully saturated rings. The summed E-state index contributed by atoms with van der Waals surface area (Å²) in [6, 6.07) is 0. The number of hydrogen-bond donors (Lipinski definition) is 0. The zero-order valence-electron chi connectivity index (χ0n) is 8.73. The second kappa shape index (κ2) is 5.64. The van der Waals surface area contributed by atoms with Gasteiger partial charge in [0.2, 0.25) is 0 Å². The van der Waals surface area contributed by atoms with Crippen LogP contribution >= 0.6 is 0 Å². The summed E-state index contributed by atoms with van der Waals surface area (Å²) in [6.07, 6.45) is 15.4. The Bertz CT molecular complexity index is 110. The average molecular weight is 186 g/mol. The van der Waals surface area contributed by atoms with Crippen molar-refractivity contribution in [2.24, 2.45) is 11.8 Å². The molecule has 2 N–H and O–H groups in total. The Kier molecular flexibility index (Phi) is 4.79. The molecule has 0 unspecified atom stereocenters. The molecule has 0 aromatic rings. The topological polar surface area (TPSA) is 31.5 Å². The fourth-order valence-electron chi connectivity index (χ4n) is 3.21. The largest absolute Gasteiger partial charge is 0.412 e. The van der Waals surface area contributed by atoms with Crippen LogP contribution in [0.25, 0.3) is 0 Å². The molecule has 0 saturated heterocycles. The Balaban J connectivity index is 0.000000845. The highest BCUT2D eigenvalue weighted by Crippen LogP contribution is 2.37. The van der Waals surface area contributed by atoms with Crippen molar-refractivity contribution in [3.05, 3.63) is 0 Å². The molecule has 2 aliphatic rings. The van der Waals surface area contributed by atoms with Gasteiger partial charge in [-0.2, -0.15) is 0 Å². The van der Waals surface area contributed by atoms with E-state index < -0.39 is 0 Å². The smallest absolute Gasteiger partial charge is 0 e. The van der Waals surface area contributed by atoms with Crippen LogP contribution in [0.15, 0.2) is 0 Å². The highest BCUT2D eigenvalue weighted by atomic mass is 16.0. The predicted molar refractivity (Wildman–Crippen MR) is 58.9 cm³/mol. The van der Waals surface area contributed by atoms with E-state index in [1.54, 1.807) is 25.7 Å². The fraction of sp³-hybridized carbons (Fsp3) is 1.00. The van der Waals surface area contributed by atoms with Crippen molar-refractivity contribution in [2.75, 3.05) is 0 Å². The standard InChI is InChI=1S/C12H22.H2O.H2/c1-3-7-11(8-4-1)12-9-5-2-6-10-12;;/h11-12H,1-10H2;1H2;1H. The minimum atomic E-state index is 0. The van der Waals surface area contributed by atoms with E-state index in [-0.39, 0.29) is 6.90 Å². The molecular weight excluding hydrogens is 160 g/mol. The monoisotopic (exact) mass is 186 g/mol. The quantitative estimate of drug-likeness (QED) is 0.599. The number of rotatable bonds is 1. The summed E-state index contributed by atoms with van der Waals surface area (Å²) in [6.45, 7) is 0. The Morgan fingerprint density at radius 2 is 0.846 bits per heavy atom. The third kappa shape index (κ3) is 2.98. The SMILES string of the molecule is C1CCC(C2CCCCC2)CC1.O.[HH]. The highest BCUT2D eigenvalue weighted by Gasteiger charge is 2.24. The van der Waals surface area contributed by atoms with Gasteiger partial charge in [0.25, 0.3) is 0 Å². The first-order valence-corrected chi connectivity index (χ1v) is 5.97. The van der Waals surface area contributed by atoms with Gasteiger partial charge in [0.1, 0.15) is 0 Å². The van der Waals surface area contributed by atoms with Crippen LogP contribution in [0, 0.1) is 11.8 Å². The summed E-state index contributed by atoms with van der Waals surface area (Å²) >= 11 is 0. The van der Waals surface area contributed by atoms with E-state index in [1.165, 1.54) is 38.5 Å². The minimum absolute atomic E-state index is 0. The molecule has 0 radical (unpaired) electrons. The molecule has 0 aliphatic heterocycles. The number of hydrogen-bond acceptors (Lipinski definition) is 0. The van der Waals surface area contributed by atoms with Crippen LogP contribution in [-0.2, 0) is 0 Å². The van der Waals surface area contributed by atoms with Gasteiger partial charge in [-0.1, -0.05) is 64.2 Å². The van der Waals surface area contributed by atoms with E-state index in [4.69, 9.17) is 0 Å². The van der Waals surface area contributed by atoms with Gasteiger partial charge in [-0.25, -0.2) is 0 Å². The van der Waals surface area contributed by atoms with E-state index in [1.807, 2.05) is 0 Å². The van der Waals surface area contributed by atoms with Crippen LogP contribution in [0.4, 0.5) is 0 Å². The molecule has 1 nitrogen and oxygen atoms in total. The molecule has 2 saturated carbocycles. The van der Waals surface area contributed by atoms with Crippen LogP contribution in [-0.4, -0.2) is 5.48 Å². The second-order valence-corrected chi connectivity index (χ2v) is 4.80.